The number of nitrogen functional groups attached to an aromatic ring is 1. The highest BCUT2D eigenvalue weighted by molar-refractivity contribution is 6.09. The van der Waals surface area contributed by atoms with Gasteiger partial charge in [-0.15, -0.1) is 0 Å². The first-order valence-corrected chi connectivity index (χ1v) is 8.12. The van der Waals surface area contributed by atoms with Gasteiger partial charge in [0.25, 0.3) is 0 Å². The van der Waals surface area contributed by atoms with Crippen LogP contribution in [-0.2, 0) is 0 Å². The summed E-state index contributed by atoms with van der Waals surface area (Å²) in [5, 5.41) is 0.718. The van der Waals surface area contributed by atoms with E-state index in [2.05, 4.69) is 4.98 Å². The van der Waals surface area contributed by atoms with Crippen molar-refractivity contribution in [2.24, 2.45) is 0 Å². The molecule has 7 heteroatoms. The van der Waals surface area contributed by atoms with Crippen molar-refractivity contribution >= 4 is 22.4 Å². The van der Waals surface area contributed by atoms with E-state index in [1.165, 1.54) is 21.3 Å². The monoisotopic (exact) mass is 368 g/mol. The Morgan fingerprint density at radius 2 is 1.48 bits per heavy atom. The van der Waals surface area contributed by atoms with Gasteiger partial charge in [-0.3, -0.25) is 4.79 Å². The summed E-state index contributed by atoms with van der Waals surface area (Å²) in [5.41, 5.74) is 7.81. The fraction of sp³-hybridized carbons (Fsp3) is 0.200. The summed E-state index contributed by atoms with van der Waals surface area (Å²) < 4.78 is 21.1. The molecule has 0 amide bonds. The van der Waals surface area contributed by atoms with E-state index in [1.807, 2.05) is 0 Å². The van der Waals surface area contributed by atoms with Crippen molar-refractivity contribution in [1.29, 1.82) is 0 Å². The zero-order valence-corrected chi connectivity index (χ0v) is 15.5. The smallest absolute Gasteiger partial charge is 0.211 e. The number of anilines is 1. The fourth-order valence-corrected chi connectivity index (χ4v) is 2.87. The van der Waals surface area contributed by atoms with Crippen LogP contribution in [-0.4, -0.2) is 39.2 Å². The molecule has 7 nitrogen and oxygen atoms in total. The molecule has 0 aliphatic rings. The van der Waals surface area contributed by atoms with Crippen LogP contribution < -0.4 is 24.7 Å². The van der Waals surface area contributed by atoms with Crippen molar-refractivity contribution in [3.05, 3.63) is 47.7 Å². The molecule has 0 atom stereocenters. The molecule has 0 spiro atoms. The van der Waals surface area contributed by atoms with Gasteiger partial charge in [0, 0.05) is 10.9 Å². The maximum Gasteiger partial charge on any atom is 0.211 e. The number of methoxy groups -OCH3 is 4. The van der Waals surface area contributed by atoms with E-state index in [0.717, 1.165) is 5.39 Å². The number of hydrogen-bond donors (Lipinski definition) is 1. The topological polar surface area (TPSA) is 92.9 Å². The quantitative estimate of drug-likeness (QED) is 0.528. The van der Waals surface area contributed by atoms with Gasteiger partial charge in [-0.25, -0.2) is 4.98 Å². The van der Waals surface area contributed by atoms with Crippen LogP contribution in [0.25, 0.3) is 10.9 Å². The molecule has 0 fully saturated rings. The van der Waals surface area contributed by atoms with E-state index < -0.39 is 0 Å². The highest BCUT2D eigenvalue weighted by Crippen LogP contribution is 2.38. The number of benzene rings is 2. The maximum atomic E-state index is 13.0. The minimum atomic E-state index is -0.273. The van der Waals surface area contributed by atoms with E-state index in [1.54, 1.807) is 43.5 Å². The van der Waals surface area contributed by atoms with Crippen LogP contribution in [0.2, 0.25) is 0 Å². The predicted molar refractivity (Wildman–Crippen MR) is 102 cm³/mol. The summed E-state index contributed by atoms with van der Waals surface area (Å²) in [6.45, 7) is 0. The van der Waals surface area contributed by atoms with E-state index >= 15 is 0 Å². The first-order valence-electron chi connectivity index (χ1n) is 8.12. The minimum absolute atomic E-state index is 0.273. The summed E-state index contributed by atoms with van der Waals surface area (Å²) in [6.07, 6.45) is 0. The number of ketones is 1. The number of ether oxygens (including phenoxy) is 4. The van der Waals surface area contributed by atoms with Crippen molar-refractivity contribution in [1.82, 2.24) is 4.98 Å². The van der Waals surface area contributed by atoms with Crippen molar-refractivity contribution in [3.63, 3.8) is 0 Å². The van der Waals surface area contributed by atoms with Gasteiger partial charge in [0.15, 0.2) is 11.5 Å². The van der Waals surface area contributed by atoms with Gasteiger partial charge in [0.1, 0.15) is 11.4 Å². The summed E-state index contributed by atoms with van der Waals surface area (Å²) in [4.78, 5) is 17.4. The van der Waals surface area contributed by atoms with Crippen molar-refractivity contribution < 1.29 is 23.7 Å². The Morgan fingerprint density at radius 3 is 2.04 bits per heavy atom. The Kier molecular flexibility index (Phi) is 5.03. The Hall–Kier alpha value is -3.48. The van der Waals surface area contributed by atoms with Crippen LogP contribution in [0.3, 0.4) is 0 Å². The van der Waals surface area contributed by atoms with Gasteiger partial charge in [-0.2, -0.15) is 0 Å². The minimum Gasteiger partial charge on any atom is -0.495 e. The lowest BCUT2D eigenvalue weighted by Gasteiger charge is -2.14. The lowest BCUT2D eigenvalue weighted by molar-refractivity contribution is 0.103. The highest BCUT2D eigenvalue weighted by atomic mass is 16.5. The van der Waals surface area contributed by atoms with E-state index in [-0.39, 0.29) is 11.5 Å². The third-order valence-electron chi connectivity index (χ3n) is 4.25. The number of nitrogens with two attached hydrogens (primary N) is 1. The maximum absolute atomic E-state index is 13.0. The van der Waals surface area contributed by atoms with Crippen LogP contribution in [0.1, 0.15) is 16.1 Å². The van der Waals surface area contributed by atoms with E-state index in [9.17, 15) is 4.79 Å². The summed E-state index contributed by atoms with van der Waals surface area (Å²) in [5.74, 6) is 1.51. The number of pyridine rings is 1. The number of carbonyl (C=O) groups is 1. The van der Waals surface area contributed by atoms with Crippen LogP contribution in [0.4, 0.5) is 5.69 Å². The summed E-state index contributed by atoms with van der Waals surface area (Å²) in [7, 11) is 6.05. The molecule has 3 aromatic rings. The average molecular weight is 368 g/mol. The highest BCUT2D eigenvalue weighted by Gasteiger charge is 2.19. The van der Waals surface area contributed by atoms with E-state index in [4.69, 9.17) is 24.7 Å². The molecule has 0 saturated heterocycles. The van der Waals surface area contributed by atoms with Crippen LogP contribution >= 0.6 is 0 Å². The zero-order valence-electron chi connectivity index (χ0n) is 15.5. The molecule has 27 heavy (non-hydrogen) atoms. The Balaban J connectivity index is 2.08. The third-order valence-corrected chi connectivity index (χ3v) is 4.25. The number of aromatic nitrogens is 1. The second-order valence-electron chi connectivity index (χ2n) is 5.69. The molecular formula is C20H20N2O5. The third kappa shape index (κ3) is 3.19. The van der Waals surface area contributed by atoms with E-state index in [0.29, 0.717) is 39.8 Å². The Labute approximate surface area is 156 Å². The second kappa shape index (κ2) is 7.41. The molecule has 140 valence electrons. The molecule has 2 aromatic carbocycles. The summed E-state index contributed by atoms with van der Waals surface area (Å²) in [6, 6.07) is 10.1. The van der Waals surface area contributed by atoms with Crippen LogP contribution in [0.5, 0.6) is 23.0 Å². The number of hydrogen-bond acceptors (Lipinski definition) is 7. The fourth-order valence-electron chi connectivity index (χ4n) is 2.87. The first-order chi connectivity index (χ1) is 13.0. The second-order valence-corrected chi connectivity index (χ2v) is 5.69. The molecule has 0 aliphatic carbocycles. The van der Waals surface area contributed by atoms with Crippen molar-refractivity contribution in [3.8, 4) is 23.0 Å². The largest absolute Gasteiger partial charge is 0.495 e. The summed E-state index contributed by atoms with van der Waals surface area (Å²) >= 11 is 0. The van der Waals surface area contributed by atoms with Crippen molar-refractivity contribution in [2.45, 2.75) is 0 Å². The molecule has 1 heterocycles. The zero-order chi connectivity index (χ0) is 19.6. The molecule has 3 rings (SSSR count). The first kappa shape index (κ1) is 18.3. The normalized spacial score (nSPS) is 10.5. The molecule has 1 aromatic heterocycles. The SMILES string of the molecule is COc1cc(C(=O)c2ccc3c(N)c(OC)ccc3n2)cc(OC)c1OC. The molecule has 2 N–H and O–H groups in total. The molecule has 0 bridgehead atoms. The van der Waals surface area contributed by atoms with Crippen LogP contribution in [0.15, 0.2) is 36.4 Å². The van der Waals surface area contributed by atoms with Crippen molar-refractivity contribution in [2.75, 3.05) is 34.2 Å². The molecule has 0 radical (unpaired) electrons. The van der Waals surface area contributed by atoms with Gasteiger partial charge in [-0.1, -0.05) is 0 Å². The lowest BCUT2D eigenvalue weighted by atomic mass is 10.0. The lowest BCUT2D eigenvalue weighted by Crippen LogP contribution is -2.06. The number of rotatable bonds is 6. The molecule has 0 saturated carbocycles. The molecular weight excluding hydrogens is 348 g/mol. The molecule has 0 unspecified atom stereocenters. The van der Waals surface area contributed by atoms with Gasteiger partial charge in [-0.05, 0) is 36.4 Å². The van der Waals surface area contributed by atoms with Gasteiger partial charge in [0.05, 0.1) is 39.6 Å². The Bertz CT molecular complexity index is 992. The number of carbonyl (C=O) groups excluding carboxylic acids is 1. The predicted octanol–water partition coefficient (Wildman–Crippen LogP) is 3.08. The van der Waals surface area contributed by atoms with Gasteiger partial charge in [0.2, 0.25) is 11.5 Å². The van der Waals surface area contributed by atoms with Gasteiger partial charge >= 0.3 is 0 Å². The molecule has 0 aliphatic heterocycles. The Morgan fingerprint density at radius 1 is 0.852 bits per heavy atom. The standard InChI is InChI=1S/C20H20N2O5/c1-24-15-8-7-13-12(18(15)21)5-6-14(22-13)19(23)11-9-16(25-2)20(27-4)17(10-11)26-3/h5-10H,21H2,1-4H3. The van der Waals surface area contributed by atoms with Gasteiger partial charge < -0.3 is 24.7 Å². The van der Waals surface area contributed by atoms with Crippen LogP contribution in [0, 0.1) is 0 Å². The number of fused-ring (bicyclic) bond motifs is 1. The average Bonchev–Trinajstić information content (AvgIpc) is 2.72. The number of nitrogens with zero attached hydrogens (tertiary/aromatic N) is 1.